The van der Waals surface area contributed by atoms with Gasteiger partial charge in [-0.15, -0.1) is 0 Å². The normalized spacial score (nSPS) is 16.2. The molecule has 2 atom stereocenters. The molecule has 0 aromatic rings. The number of aliphatic carboxylic acids is 1. The minimum atomic E-state index is -0.641. The fourth-order valence-electron chi connectivity index (χ4n) is 2.35. The Morgan fingerprint density at radius 1 is 1.12 bits per heavy atom. The molecule has 0 radical (unpaired) electrons. The van der Waals surface area contributed by atoms with Gasteiger partial charge in [0.05, 0.1) is 5.92 Å². The first-order valence-electron chi connectivity index (χ1n) is 6.36. The highest BCUT2D eigenvalue weighted by Gasteiger charge is 2.23. The van der Waals surface area contributed by atoms with Crippen LogP contribution in [0, 0.1) is 23.2 Å². The van der Waals surface area contributed by atoms with Crippen LogP contribution in [-0.2, 0) is 4.79 Å². The van der Waals surface area contributed by atoms with Gasteiger partial charge in [0.15, 0.2) is 0 Å². The van der Waals surface area contributed by atoms with Gasteiger partial charge in [-0.2, -0.15) is 0 Å². The van der Waals surface area contributed by atoms with Gasteiger partial charge in [0.25, 0.3) is 0 Å². The lowest BCUT2D eigenvalue weighted by Crippen LogP contribution is -2.21. The summed E-state index contributed by atoms with van der Waals surface area (Å²) in [7, 11) is 0. The zero-order valence-corrected chi connectivity index (χ0v) is 11.7. The van der Waals surface area contributed by atoms with Crippen LogP contribution < -0.4 is 0 Å². The Morgan fingerprint density at radius 3 is 1.94 bits per heavy atom. The SMILES string of the molecule is CC(CCC(C(=O)O)C(C)C)CC(C)(C)C. The maximum absolute atomic E-state index is 11.0. The lowest BCUT2D eigenvalue weighted by atomic mass is 9.81. The third-order valence-corrected chi connectivity index (χ3v) is 3.05. The van der Waals surface area contributed by atoms with E-state index in [1.165, 1.54) is 0 Å². The van der Waals surface area contributed by atoms with Gasteiger partial charge >= 0.3 is 5.97 Å². The molecule has 0 amide bonds. The van der Waals surface area contributed by atoms with Crippen LogP contribution in [0.3, 0.4) is 0 Å². The highest BCUT2D eigenvalue weighted by molar-refractivity contribution is 5.70. The molecule has 2 unspecified atom stereocenters. The largest absolute Gasteiger partial charge is 0.481 e. The molecule has 2 nitrogen and oxygen atoms in total. The molecule has 96 valence electrons. The number of carboxylic acids is 1. The van der Waals surface area contributed by atoms with Crippen molar-refractivity contribution in [1.29, 1.82) is 0 Å². The smallest absolute Gasteiger partial charge is 0.306 e. The summed E-state index contributed by atoms with van der Waals surface area (Å²) in [5.41, 5.74) is 0.343. The van der Waals surface area contributed by atoms with Crippen LogP contribution in [0.25, 0.3) is 0 Å². The fourth-order valence-corrected chi connectivity index (χ4v) is 2.35. The summed E-state index contributed by atoms with van der Waals surface area (Å²) in [6, 6.07) is 0. The molecule has 0 aromatic carbocycles. The second kappa shape index (κ2) is 6.27. The zero-order valence-electron chi connectivity index (χ0n) is 11.7. The van der Waals surface area contributed by atoms with Crippen molar-refractivity contribution < 1.29 is 9.90 Å². The van der Waals surface area contributed by atoms with Crippen molar-refractivity contribution in [3.63, 3.8) is 0 Å². The average Bonchev–Trinajstić information content (AvgIpc) is 1.98. The Bertz CT molecular complexity index is 213. The molecule has 1 N–H and O–H groups in total. The maximum Gasteiger partial charge on any atom is 0.306 e. The van der Waals surface area contributed by atoms with Gasteiger partial charge in [-0.3, -0.25) is 4.79 Å². The summed E-state index contributed by atoms with van der Waals surface area (Å²) in [5, 5.41) is 9.09. The Balaban J connectivity index is 4.07. The lowest BCUT2D eigenvalue weighted by Gasteiger charge is -2.24. The standard InChI is InChI=1S/C14H28O2/c1-10(2)12(13(15)16)8-7-11(3)9-14(4,5)6/h10-12H,7-9H2,1-6H3,(H,15,16). The predicted octanol–water partition coefficient (Wildman–Crippen LogP) is 4.20. The minimum absolute atomic E-state index is 0.178. The van der Waals surface area contributed by atoms with E-state index in [0.29, 0.717) is 11.3 Å². The molecule has 2 heteroatoms. The van der Waals surface area contributed by atoms with Crippen LogP contribution in [0.2, 0.25) is 0 Å². The van der Waals surface area contributed by atoms with Gasteiger partial charge in [-0.1, -0.05) is 41.5 Å². The molecule has 0 saturated heterocycles. The first kappa shape index (κ1) is 15.5. The number of carbonyl (C=O) groups is 1. The van der Waals surface area contributed by atoms with Gasteiger partial charge < -0.3 is 5.11 Å². The van der Waals surface area contributed by atoms with Crippen LogP contribution >= 0.6 is 0 Å². The van der Waals surface area contributed by atoms with Gasteiger partial charge in [-0.05, 0) is 36.5 Å². The van der Waals surface area contributed by atoms with Crippen LogP contribution in [0.1, 0.15) is 60.8 Å². The number of hydrogen-bond acceptors (Lipinski definition) is 1. The van der Waals surface area contributed by atoms with Gasteiger partial charge in [0.2, 0.25) is 0 Å². The molecule has 0 rings (SSSR count). The molecule has 0 aliphatic heterocycles. The highest BCUT2D eigenvalue weighted by atomic mass is 16.4. The summed E-state index contributed by atoms with van der Waals surface area (Å²) in [6.07, 6.45) is 2.99. The Kier molecular flexibility index (Phi) is 6.06. The van der Waals surface area contributed by atoms with E-state index in [0.717, 1.165) is 19.3 Å². The molecule has 0 spiro atoms. The summed E-state index contributed by atoms with van der Waals surface area (Å²) in [4.78, 5) is 11.0. The third kappa shape index (κ3) is 6.86. The average molecular weight is 228 g/mol. The number of hydrogen-bond donors (Lipinski definition) is 1. The van der Waals surface area contributed by atoms with Crippen LogP contribution in [-0.4, -0.2) is 11.1 Å². The Morgan fingerprint density at radius 2 is 1.62 bits per heavy atom. The van der Waals surface area contributed by atoms with E-state index in [1.54, 1.807) is 0 Å². The van der Waals surface area contributed by atoms with Crippen LogP contribution in [0.5, 0.6) is 0 Å². The summed E-state index contributed by atoms with van der Waals surface area (Å²) >= 11 is 0. The molecule has 0 aliphatic carbocycles. The first-order chi connectivity index (χ1) is 7.13. The van der Waals surface area contributed by atoms with Gasteiger partial charge in [0, 0.05) is 0 Å². The Labute approximate surface area is 100 Å². The van der Waals surface area contributed by atoms with Crippen molar-refractivity contribution >= 4 is 5.97 Å². The predicted molar refractivity (Wildman–Crippen MR) is 68.4 cm³/mol. The number of carboxylic acid groups (broad SMARTS) is 1. The van der Waals surface area contributed by atoms with E-state index in [4.69, 9.17) is 5.11 Å². The van der Waals surface area contributed by atoms with E-state index in [1.807, 2.05) is 13.8 Å². The van der Waals surface area contributed by atoms with Gasteiger partial charge in [0.1, 0.15) is 0 Å². The van der Waals surface area contributed by atoms with Crippen molar-refractivity contribution in [2.75, 3.05) is 0 Å². The van der Waals surface area contributed by atoms with E-state index in [9.17, 15) is 4.79 Å². The summed E-state index contributed by atoms with van der Waals surface area (Å²) < 4.78 is 0. The highest BCUT2D eigenvalue weighted by Crippen LogP contribution is 2.29. The monoisotopic (exact) mass is 228 g/mol. The quantitative estimate of drug-likeness (QED) is 0.740. The van der Waals surface area contributed by atoms with Crippen molar-refractivity contribution in [3.8, 4) is 0 Å². The molecule has 0 saturated carbocycles. The van der Waals surface area contributed by atoms with Crippen molar-refractivity contribution in [2.45, 2.75) is 60.8 Å². The molecule has 0 heterocycles. The summed E-state index contributed by atoms with van der Waals surface area (Å²) in [5.74, 6) is 0.0281. The second-order valence-electron chi connectivity index (χ2n) is 6.64. The number of rotatable bonds is 6. The molecular weight excluding hydrogens is 200 g/mol. The summed E-state index contributed by atoms with van der Waals surface area (Å²) in [6.45, 7) is 12.9. The van der Waals surface area contributed by atoms with Crippen LogP contribution in [0.15, 0.2) is 0 Å². The third-order valence-electron chi connectivity index (χ3n) is 3.05. The van der Waals surface area contributed by atoms with E-state index in [2.05, 4.69) is 27.7 Å². The maximum atomic E-state index is 11.0. The van der Waals surface area contributed by atoms with Crippen LogP contribution in [0.4, 0.5) is 0 Å². The first-order valence-corrected chi connectivity index (χ1v) is 6.36. The molecule has 0 aliphatic rings. The molecule has 0 bridgehead atoms. The van der Waals surface area contributed by atoms with E-state index >= 15 is 0 Å². The lowest BCUT2D eigenvalue weighted by molar-refractivity contribution is -0.143. The minimum Gasteiger partial charge on any atom is -0.481 e. The molecular formula is C14H28O2. The van der Waals surface area contributed by atoms with Crippen molar-refractivity contribution in [2.24, 2.45) is 23.2 Å². The van der Waals surface area contributed by atoms with Crippen molar-refractivity contribution in [1.82, 2.24) is 0 Å². The zero-order chi connectivity index (χ0) is 12.9. The van der Waals surface area contributed by atoms with E-state index in [-0.39, 0.29) is 11.8 Å². The topological polar surface area (TPSA) is 37.3 Å². The molecule has 0 aromatic heterocycles. The van der Waals surface area contributed by atoms with Crippen molar-refractivity contribution in [3.05, 3.63) is 0 Å². The molecule has 16 heavy (non-hydrogen) atoms. The molecule has 0 fully saturated rings. The van der Waals surface area contributed by atoms with E-state index < -0.39 is 5.97 Å². The van der Waals surface area contributed by atoms with Gasteiger partial charge in [-0.25, -0.2) is 0 Å². The Hall–Kier alpha value is -0.530. The fraction of sp³-hybridized carbons (Fsp3) is 0.929. The second-order valence-corrected chi connectivity index (χ2v) is 6.64.